The van der Waals surface area contributed by atoms with Crippen LogP contribution in [0.3, 0.4) is 0 Å². The number of carbonyl (C=O) groups is 1. The normalized spacial score (nSPS) is 12.3. The molecule has 0 saturated carbocycles. The third-order valence-corrected chi connectivity index (χ3v) is 3.73. The summed E-state index contributed by atoms with van der Waals surface area (Å²) in [7, 11) is 0. The number of hydrogen-bond acceptors (Lipinski definition) is 2. The van der Waals surface area contributed by atoms with Crippen LogP contribution in [0, 0.1) is 0 Å². The zero-order valence-corrected chi connectivity index (χ0v) is 13.8. The molecule has 0 spiro atoms. The molecule has 0 amide bonds. The summed E-state index contributed by atoms with van der Waals surface area (Å²) < 4.78 is 6.31. The van der Waals surface area contributed by atoms with Crippen molar-refractivity contribution in [2.24, 2.45) is 0 Å². The molecule has 2 aromatic carbocycles. The number of rotatable bonds is 4. The van der Waals surface area contributed by atoms with Crippen LogP contribution in [0.5, 0.6) is 0 Å². The summed E-state index contributed by atoms with van der Waals surface area (Å²) in [6.07, 6.45) is 2.74. The van der Waals surface area contributed by atoms with E-state index in [1.165, 1.54) is 6.08 Å². The van der Waals surface area contributed by atoms with Gasteiger partial charge in [-0.1, -0.05) is 57.9 Å². The smallest absolute Gasteiger partial charge is 0.331 e. The zero-order valence-electron chi connectivity index (χ0n) is 11.4. The highest BCUT2D eigenvalue weighted by atomic mass is 79.9. The van der Waals surface area contributed by atoms with Crippen LogP contribution in [0.15, 0.2) is 59.1 Å². The van der Waals surface area contributed by atoms with Crippen molar-refractivity contribution in [2.75, 3.05) is 0 Å². The maximum absolute atomic E-state index is 11.8. The largest absolute Gasteiger partial charge is 0.455 e. The molecule has 2 rings (SSSR count). The van der Waals surface area contributed by atoms with Crippen molar-refractivity contribution in [3.63, 3.8) is 0 Å². The lowest BCUT2D eigenvalue weighted by Crippen LogP contribution is -2.06. The van der Waals surface area contributed by atoms with E-state index in [0.717, 1.165) is 15.6 Å². The first-order valence-corrected chi connectivity index (χ1v) is 7.62. The number of benzene rings is 2. The Bertz CT molecular complexity index is 667. The second-order valence-corrected chi connectivity index (χ2v) is 5.81. The Balaban J connectivity index is 2.00. The SMILES string of the molecule is C[C@H](OC(=O)/C=C/c1cccc(Br)c1)c1ccccc1Cl. The Kier molecular flexibility index (Phi) is 5.59. The third kappa shape index (κ3) is 4.73. The van der Waals surface area contributed by atoms with E-state index in [2.05, 4.69) is 15.9 Å². The Morgan fingerprint density at radius 3 is 2.71 bits per heavy atom. The van der Waals surface area contributed by atoms with Crippen LogP contribution in [-0.2, 0) is 9.53 Å². The van der Waals surface area contributed by atoms with Crippen LogP contribution in [0.25, 0.3) is 6.08 Å². The van der Waals surface area contributed by atoms with Gasteiger partial charge in [0.1, 0.15) is 6.10 Å². The minimum atomic E-state index is -0.401. The van der Waals surface area contributed by atoms with Gasteiger partial charge in [-0.05, 0) is 36.8 Å². The van der Waals surface area contributed by atoms with Gasteiger partial charge in [0.15, 0.2) is 0 Å². The molecule has 0 aliphatic carbocycles. The number of esters is 1. The lowest BCUT2D eigenvalue weighted by molar-refractivity contribution is -0.142. The minimum absolute atomic E-state index is 0.390. The summed E-state index contributed by atoms with van der Waals surface area (Å²) in [5, 5.41) is 0.591. The fourth-order valence-corrected chi connectivity index (χ4v) is 2.56. The van der Waals surface area contributed by atoms with Crippen LogP contribution in [0.4, 0.5) is 0 Å². The molecule has 2 nitrogen and oxygen atoms in total. The van der Waals surface area contributed by atoms with Crippen LogP contribution in [0.2, 0.25) is 5.02 Å². The van der Waals surface area contributed by atoms with Crippen molar-refractivity contribution >= 4 is 39.6 Å². The van der Waals surface area contributed by atoms with E-state index in [-0.39, 0.29) is 0 Å². The molecule has 0 radical (unpaired) electrons. The summed E-state index contributed by atoms with van der Waals surface area (Å²) in [6.45, 7) is 1.80. The van der Waals surface area contributed by atoms with E-state index in [9.17, 15) is 4.79 Å². The van der Waals surface area contributed by atoms with Gasteiger partial charge in [0.25, 0.3) is 0 Å². The molecule has 108 valence electrons. The van der Waals surface area contributed by atoms with Gasteiger partial charge in [-0.2, -0.15) is 0 Å². The summed E-state index contributed by atoms with van der Waals surface area (Å²) in [5.74, 6) is -0.401. The van der Waals surface area contributed by atoms with Gasteiger partial charge < -0.3 is 4.74 Å². The lowest BCUT2D eigenvalue weighted by Gasteiger charge is -2.13. The molecule has 2 aromatic rings. The second kappa shape index (κ2) is 7.43. The van der Waals surface area contributed by atoms with Gasteiger partial charge in [0.05, 0.1) is 0 Å². The highest BCUT2D eigenvalue weighted by molar-refractivity contribution is 9.10. The first-order chi connectivity index (χ1) is 10.1. The molecular weight excluding hydrogens is 352 g/mol. The predicted octanol–water partition coefficient (Wildman–Crippen LogP) is 5.42. The molecular formula is C17H14BrClO2. The van der Waals surface area contributed by atoms with Crippen molar-refractivity contribution in [3.05, 3.63) is 75.2 Å². The van der Waals surface area contributed by atoms with Crippen LogP contribution < -0.4 is 0 Å². The van der Waals surface area contributed by atoms with Gasteiger partial charge in [-0.3, -0.25) is 0 Å². The molecule has 0 heterocycles. The summed E-state index contributed by atoms with van der Waals surface area (Å²) in [4.78, 5) is 11.8. The van der Waals surface area contributed by atoms with Crippen molar-refractivity contribution in [1.82, 2.24) is 0 Å². The Labute approximate surface area is 137 Å². The molecule has 0 aliphatic rings. The predicted molar refractivity (Wildman–Crippen MR) is 89.1 cm³/mol. The molecule has 0 fully saturated rings. The molecule has 0 saturated heterocycles. The van der Waals surface area contributed by atoms with Gasteiger partial charge in [0, 0.05) is 21.1 Å². The van der Waals surface area contributed by atoms with E-state index < -0.39 is 12.1 Å². The molecule has 4 heteroatoms. The molecule has 1 atom stereocenters. The molecule has 0 N–H and O–H groups in total. The number of halogens is 2. The first kappa shape index (κ1) is 15.8. The van der Waals surface area contributed by atoms with Crippen molar-refractivity contribution in [3.8, 4) is 0 Å². The van der Waals surface area contributed by atoms with E-state index >= 15 is 0 Å². The maximum Gasteiger partial charge on any atom is 0.331 e. The number of carbonyl (C=O) groups excluding carboxylic acids is 1. The van der Waals surface area contributed by atoms with E-state index in [1.807, 2.05) is 42.5 Å². The van der Waals surface area contributed by atoms with E-state index in [1.54, 1.807) is 19.1 Å². The fraction of sp³-hybridized carbons (Fsp3) is 0.118. The monoisotopic (exact) mass is 364 g/mol. The van der Waals surface area contributed by atoms with Crippen molar-refractivity contribution in [2.45, 2.75) is 13.0 Å². The zero-order chi connectivity index (χ0) is 15.2. The van der Waals surface area contributed by atoms with Gasteiger partial charge in [-0.15, -0.1) is 0 Å². The summed E-state index contributed by atoms with van der Waals surface area (Å²) >= 11 is 9.46. The van der Waals surface area contributed by atoms with Crippen LogP contribution in [-0.4, -0.2) is 5.97 Å². The van der Waals surface area contributed by atoms with Crippen LogP contribution in [0.1, 0.15) is 24.2 Å². The quantitative estimate of drug-likeness (QED) is 0.534. The highest BCUT2D eigenvalue weighted by Crippen LogP contribution is 2.25. The van der Waals surface area contributed by atoms with Gasteiger partial charge >= 0.3 is 5.97 Å². The van der Waals surface area contributed by atoms with Crippen molar-refractivity contribution in [1.29, 1.82) is 0 Å². The average Bonchev–Trinajstić information content (AvgIpc) is 2.45. The Morgan fingerprint density at radius 2 is 2.00 bits per heavy atom. The first-order valence-electron chi connectivity index (χ1n) is 6.45. The number of ether oxygens (including phenoxy) is 1. The topological polar surface area (TPSA) is 26.3 Å². The molecule has 21 heavy (non-hydrogen) atoms. The summed E-state index contributed by atoms with van der Waals surface area (Å²) in [5.41, 5.74) is 1.72. The third-order valence-electron chi connectivity index (χ3n) is 2.90. The Hall–Kier alpha value is -1.58. The van der Waals surface area contributed by atoms with E-state index in [4.69, 9.17) is 16.3 Å². The van der Waals surface area contributed by atoms with Crippen molar-refractivity contribution < 1.29 is 9.53 Å². The Morgan fingerprint density at radius 1 is 1.24 bits per heavy atom. The molecule has 0 unspecified atom stereocenters. The average molecular weight is 366 g/mol. The standard InChI is InChI=1S/C17H14BrClO2/c1-12(15-7-2-3-8-16(15)19)21-17(20)10-9-13-5-4-6-14(18)11-13/h2-12H,1H3/b10-9+/t12-/m0/s1. The fourth-order valence-electron chi connectivity index (χ4n) is 1.86. The molecule has 0 bridgehead atoms. The lowest BCUT2D eigenvalue weighted by atomic mass is 10.1. The molecule has 0 aliphatic heterocycles. The van der Waals surface area contributed by atoms with E-state index in [0.29, 0.717) is 5.02 Å². The van der Waals surface area contributed by atoms with Crippen LogP contribution >= 0.6 is 27.5 Å². The van der Waals surface area contributed by atoms with Gasteiger partial charge in [0.2, 0.25) is 0 Å². The summed E-state index contributed by atoms with van der Waals surface area (Å²) in [6, 6.07) is 15.0. The van der Waals surface area contributed by atoms with Gasteiger partial charge in [-0.25, -0.2) is 4.79 Å². The highest BCUT2D eigenvalue weighted by Gasteiger charge is 2.12. The molecule has 0 aromatic heterocycles. The minimum Gasteiger partial charge on any atom is -0.455 e. The number of hydrogen-bond donors (Lipinski definition) is 0. The second-order valence-electron chi connectivity index (χ2n) is 4.49. The maximum atomic E-state index is 11.8.